The van der Waals surface area contributed by atoms with Crippen molar-refractivity contribution in [2.24, 2.45) is 5.92 Å². The van der Waals surface area contributed by atoms with Gasteiger partial charge in [0.05, 0.1) is 20.5 Å². The molecule has 2 fully saturated rings. The molecule has 0 aromatic heterocycles. The first kappa shape index (κ1) is 18.1. The largest absolute Gasteiger partial charge is 0.493 e. The minimum atomic E-state index is -3.16. The van der Waals surface area contributed by atoms with Crippen LogP contribution in [0.2, 0.25) is 0 Å². The van der Waals surface area contributed by atoms with Crippen molar-refractivity contribution in [3.05, 3.63) is 23.3 Å². The zero-order chi connectivity index (χ0) is 18.5. The molecule has 0 saturated carbocycles. The molecule has 26 heavy (non-hydrogen) atoms. The van der Waals surface area contributed by atoms with Gasteiger partial charge in [0.25, 0.3) is 0 Å². The summed E-state index contributed by atoms with van der Waals surface area (Å²) in [7, 11) is 0.159. The molecule has 3 aliphatic heterocycles. The zero-order valence-electron chi connectivity index (χ0n) is 15.8. The van der Waals surface area contributed by atoms with Gasteiger partial charge >= 0.3 is 0 Å². The number of sulfonamides is 1. The summed E-state index contributed by atoms with van der Waals surface area (Å²) in [6, 6.07) is 4.55. The molecule has 0 bridgehead atoms. The van der Waals surface area contributed by atoms with Gasteiger partial charge in [-0.25, -0.2) is 8.42 Å². The molecule has 144 valence electrons. The molecule has 7 heteroatoms. The highest BCUT2D eigenvalue weighted by molar-refractivity contribution is 7.88. The van der Waals surface area contributed by atoms with E-state index in [1.165, 1.54) is 17.4 Å². The Balaban J connectivity index is 1.70. The van der Waals surface area contributed by atoms with Gasteiger partial charge in [-0.1, -0.05) is 0 Å². The fourth-order valence-corrected chi connectivity index (χ4v) is 6.35. The van der Waals surface area contributed by atoms with Crippen LogP contribution < -0.4 is 9.47 Å². The summed E-state index contributed by atoms with van der Waals surface area (Å²) < 4.78 is 37.3. The first-order valence-corrected chi connectivity index (χ1v) is 11.2. The van der Waals surface area contributed by atoms with E-state index in [-0.39, 0.29) is 12.1 Å². The molecule has 3 aliphatic rings. The second kappa shape index (κ2) is 6.69. The Morgan fingerprint density at radius 1 is 1.12 bits per heavy atom. The highest BCUT2D eigenvalue weighted by atomic mass is 32.2. The minimum absolute atomic E-state index is 0.110. The number of fused-ring (bicyclic) bond motifs is 4. The van der Waals surface area contributed by atoms with E-state index in [1.54, 1.807) is 18.5 Å². The number of hydrogen-bond donors (Lipinski definition) is 0. The second-order valence-electron chi connectivity index (χ2n) is 7.75. The van der Waals surface area contributed by atoms with E-state index in [4.69, 9.17) is 9.47 Å². The predicted molar refractivity (Wildman–Crippen MR) is 100 cm³/mol. The van der Waals surface area contributed by atoms with Gasteiger partial charge in [-0.2, -0.15) is 4.31 Å². The molecule has 0 amide bonds. The van der Waals surface area contributed by atoms with Gasteiger partial charge in [0.1, 0.15) is 0 Å². The van der Waals surface area contributed by atoms with E-state index >= 15 is 0 Å². The standard InChI is InChI=1S/C19H28N2O4S/c1-24-18-9-13-6-8-20-12-14-5-4-7-21(26(3,22)23)16(14)11-17(20)15(13)10-19(18)25-2/h9-10,14,16-17H,4-8,11-12H2,1-3H3. The number of rotatable bonds is 3. The maximum atomic E-state index is 12.3. The van der Waals surface area contributed by atoms with E-state index in [0.717, 1.165) is 50.3 Å². The van der Waals surface area contributed by atoms with Gasteiger partial charge in [0.2, 0.25) is 10.0 Å². The molecule has 0 aliphatic carbocycles. The van der Waals surface area contributed by atoms with Gasteiger partial charge < -0.3 is 9.47 Å². The Bertz CT molecular complexity index is 795. The van der Waals surface area contributed by atoms with Crippen molar-refractivity contribution in [3.8, 4) is 11.5 Å². The van der Waals surface area contributed by atoms with Crippen molar-refractivity contribution in [1.82, 2.24) is 9.21 Å². The monoisotopic (exact) mass is 380 g/mol. The number of ether oxygens (including phenoxy) is 2. The number of methoxy groups -OCH3 is 2. The lowest BCUT2D eigenvalue weighted by Gasteiger charge is -2.51. The normalized spacial score (nSPS) is 29.4. The van der Waals surface area contributed by atoms with E-state index in [9.17, 15) is 8.42 Å². The molecule has 4 rings (SSSR count). The molecule has 0 radical (unpaired) electrons. The number of nitrogens with zero attached hydrogens (tertiary/aromatic N) is 2. The molecule has 3 atom stereocenters. The van der Waals surface area contributed by atoms with Crippen LogP contribution in [0, 0.1) is 5.92 Å². The van der Waals surface area contributed by atoms with Gasteiger partial charge in [-0.15, -0.1) is 0 Å². The Hall–Kier alpha value is -1.31. The predicted octanol–water partition coefficient (Wildman–Crippen LogP) is 2.05. The van der Waals surface area contributed by atoms with Crippen LogP contribution in [0.3, 0.4) is 0 Å². The molecule has 0 N–H and O–H groups in total. The maximum absolute atomic E-state index is 12.3. The van der Waals surface area contributed by atoms with Crippen molar-refractivity contribution >= 4 is 10.0 Å². The quantitative estimate of drug-likeness (QED) is 0.803. The third kappa shape index (κ3) is 3.00. The molecule has 1 aromatic rings. The summed E-state index contributed by atoms with van der Waals surface area (Å²) in [6.45, 7) is 2.66. The molecule has 0 spiro atoms. The van der Waals surface area contributed by atoms with E-state index in [1.807, 2.05) is 0 Å². The molecule has 1 aromatic carbocycles. The average molecular weight is 381 g/mol. The van der Waals surface area contributed by atoms with Crippen molar-refractivity contribution in [1.29, 1.82) is 0 Å². The summed E-state index contributed by atoms with van der Waals surface area (Å²) in [4.78, 5) is 2.54. The van der Waals surface area contributed by atoms with Crippen LogP contribution in [0.25, 0.3) is 0 Å². The molecule has 6 nitrogen and oxygen atoms in total. The number of piperidine rings is 2. The van der Waals surface area contributed by atoms with Crippen LogP contribution in [-0.4, -0.2) is 63.8 Å². The summed E-state index contributed by atoms with van der Waals surface area (Å²) in [5.41, 5.74) is 2.57. The van der Waals surface area contributed by atoms with Crippen LogP contribution in [0.4, 0.5) is 0 Å². The van der Waals surface area contributed by atoms with Crippen LogP contribution >= 0.6 is 0 Å². The Kier molecular flexibility index (Phi) is 4.65. The van der Waals surface area contributed by atoms with Crippen molar-refractivity contribution in [2.45, 2.75) is 37.8 Å². The topological polar surface area (TPSA) is 59.1 Å². The Morgan fingerprint density at radius 3 is 2.54 bits per heavy atom. The lowest BCUT2D eigenvalue weighted by molar-refractivity contribution is 0.0221. The van der Waals surface area contributed by atoms with Gasteiger partial charge in [-0.05, 0) is 54.9 Å². The molecule has 2 saturated heterocycles. The highest BCUT2D eigenvalue weighted by Gasteiger charge is 2.45. The van der Waals surface area contributed by atoms with Crippen LogP contribution in [-0.2, 0) is 16.4 Å². The van der Waals surface area contributed by atoms with Gasteiger partial charge in [0, 0.05) is 31.7 Å². The van der Waals surface area contributed by atoms with Gasteiger partial charge in [-0.3, -0.25) is 4.90 Å². The zero-order valence-corrected chi connectivity index (χ0v) is 16.6. The lowest BCUT2D eigenvalue weighted by atomic mass is 9.77. The smallest absolute Gasteiger partial charge is 0.211 e. The SMILES string of the molecule is COc1cc2c(cc1OC)C1CC3C(CCCN3S(C)(=O)=O)CN1CC2. The molecular weight excluding hydrogens is 352 g/mol. The number of benzene rings is 1. The number of hydrogen-bond acceptors (Lipinski definition) is 5. The van der Waals surface area contributed by atoms with E-state index in [2.05, 4.69) is 17.0 Å². The highest BCUT2D eigenvalue weighted by Crippen LogP contribution is 2.45. The molecule has 3 heterocycles. The lowest BCUT2D eigenvalue weighted by Crippen LogP contribution is -2.57. The van der Waals surface area contributed by atoms with Crippen LogP contribution in [0.15, 0.2) is 12.1 Å². The van der Waals surface area contributed by atoms with Gasteiger partial charge in [0.15, 0.2) is 11.5 Å². The first-order chi connectivity index (χ1) is 12.4. The van der Waals surface area contributed by atoms with Crippen molar-refractivity contribution in [2.75, 3.05) is 40.1 Å². The summed E-state index contributed by atoms with van der Waals surface area (Å²) in [6.07, 6.45) is 5.30. The third-order valence-corrected chi connectivity index (χ3v) is 7.65. The fourth-order valence-electron chi connectivity index (χ4n) is 5.14. The Morgan fingerprint density at radius 2 is 1.85 bits per heavy atom. The van der Waals surface area contributed by atoms with E-state index < -0.39 is 10.0 Å². The molecule has 3 unspecified atom stereocenters. The van der Waals surface area contributed by atoms with E-state index in [0.29, 0.717) is 12.5 Å². The Labute approximate surface area is 156 Å². The second-order valence-corrected chi connectivity index (χ2v) is 9.68. The van der Waals surface area contributed by atoms with Crippen LogP contribution in [0.1, 0.15) is 36.4 Å². The fraction of sp³-hybridized carbons (Fsp3) is 0.684. The molecular formula is C19H28N2O4S. The minimum Gasteiger partial charge on any atom is -0.493 e. The van der Waals surface area contributed by atoms with Crippen molar-refractivity contribution < 1.29 is 17.9 Å². The van der Waals surface area contributed by atoms with Crippen molar-refractivity contribution in [3.63, 3.8) is 0 Å². The first-order valence-electron chi connectivity index (χ1n) is 9.38. The summed E-state index contributed by atoms with van der Waals surface area (Å²) >= 11 is 0. The maximum Gasteiger partial charge on any atom is 0.211 e. The average Bonchev–Trinajstić information content (AvgIpc) is 2.63. The summed E-state index contributed by atoms with van der Waals surface area (Å²) in [5, 5.41) is 0. The third-order valence-electron chi connectivity index (χ3n) is 6.34. The summed E-state index contributed by atoms with van der Waals surface area (Å²) in [5.74, 6) is 1.96. The van der Waals surface area contributed by atoms with Crippen LogP contribution in [0.5, 0.6) is 11.5 Å².